The summed E-state index contributed by atoms with van der Waals surface area (Å²) in [7, 11) is 0. The van der Waals surface area contributed by atoms with Gasteiger partial charge in [-0.05, 0) is 43.2 Å². The molecule has 2 N–H and O–H groups in total. The van der Waals surface area contributed by atoms with Gasteiger partial charge in [0.05, 0.1) is 11.9 Å². The Balaban J connectivity index is 1.39. The molecule has 1 aliphatic carbocycles. The zero-order valence-corrected chi connectivity index (χ0v) is 15.1. The van der Waals surface area contributed by atoms with Gasteiger partial charge in [-0.15, -0.1) is 5.10 Å². The fourth-order valence-corrected chi connectivity index (χ4v) is 2.84. The second kappa shape index (κ2) is 7.59. The summed E-state index contributed by atoms with van der Waals surface area (Å²) in [6.07, 6.45) is 2.09. The second-order valence-corrected chi connectivity index (χ2v) is 6.76. The van der Waals surface area contributed by atoms with Crippen molar-refractivity contribution < 1.29 is 9.59 Å². The standard InChI is InChI=1S/C20H19N5O3/c26-18(10-11-25-20(28)16-6-1-2-7-17(16)23-24-25)21-15-5-3-4-13(12-15)19(27)22-14-8-9-14/h1-7,12,14H,8-11H2,(H,21,26)(H,22,27). The summed E-state index contributed by atoms with van der Waals surface area (Å²) in [6.45, 7) is 0.115. The number of nitrogens with one attached hydrogen (secondary N) is 2. The highest BCUT2D eigenvalue weighted by molar-refractivity contribution is 5.97. The first-order chi connectivity index (χ1) is 13.6. The van der Waals surface area contributed by atoms with Crippen molar-refractivity contribution in [2.45, 2.75) is 31.8 Å². The number of aryl methyl sites for hydroxylation is 1. The van der Waals surface area contributed by atoms with E-state index in [0.717, 1.165) is 12.8 Å². The van der Waals surface area contributed by atoms with Gasteiger partial charge in [-0.1, -0.05) is 23.4 Å². The minimum absolute atomic E-state index is 0.0609. The molecule has 0 aliphatic heterocycles. The molecule has 1 aliphatic rings. The third-order valence-corrected chi connectivity index (χ3v) is 4.50. The van der Waals surface area contributed by atoms with Gasteiger partial charge in [0.2, 0.25) is 5.91 Å². The molecule has 28 heavy (non-hydrogen) atoms. The smallest absolute Gasteiger partial charge is 0.277 e. The summed E-state index contributed by atoms with van der Waals surface area (Å²) in [4.78, 5) is 36.8. The van der Waals surface area contributed by atoms with Gasteiger partial charge in [0, 0.05) is 23.7 Å². The molecule has 4 rings (SSSR count). The normalized spacial score (nSPS) is 13.3. The fraction of sp³-hybridized carbons (Fsp3) is 0.250. The van der Waals surface area contributed by atoms with Crippen molar-refractivity contribution in [2.75, 3.05) is 5.32 Å². The predicted octanol–water partition coefficient (Wildman–Crippen LogP) is 1.71. The van der Waals surface area contributed by atoms with Gasteiger partial charge in [0.15, 0.2) is 0 Å². The SMILES string of the molecule is O=C(CCn1nnc2ccccc2c1=O)Nc1cccc(C(=O)NC2CC2)c1. The van der Waals surface area contributed by atoms with Gasteiger partial charge in [0.1, 0.15) is 5.52 Å². The number of hydrogen-bond donors (Lipinski definition) is 2. The Morgan fingerprint density at radius 2 is 1.93 bits per heavy atom. The summed E-state index contributed by atoms with van der Waals surface area (Å²) in [5, 5.41) is 14.0. The lowest BCUT2D eigenvalue weighted by atomic mass is 10.2. The predicted molar refractivity (Wildman–Crippen MR) is 104 cm³/mol. The van der Waals surface area contributed by atoms with Gasteiger partial charge >= 0.3 is 0 Å². The van der Waals surface area contributed by atoms with Crippen LogP contribution in [0.2, 0.25) is 0 Å². The quantitative estimate of drug-likeness (QED) is 0.680. The molecule has 1 heterocycles. The minimum Gasteiger partial charge on any atom is -0.349 e. The molecule has 3 aromatic rings. The van der Waals surface area contributed by atoms with E-state index in [-0.39, 0.29) is 36.4 Å². The number of carbonyl (C=O) groups is 2. The van der Waals surface area contributed by atoms with Crippen LogP contribution >= 0.6 is 0 Å². The van der Waals surface area contributed by atoms with Gasteiger partial charge in [-0.25, -0.2) is 4.68 Å². The van der Waals surface area contributed by atoms with Crippen molar-refractivity contribution in [1.29, 1.82) is 0 Å². The molecular weight excluding hydrogens is 358 g/mol. The molecule has 0 bridgehead atoms. The number of rotatable bonds is 6. The molecule has 1 aromatic heterocycles. The summed E-state index contributed by atoms with van der Waals surface area (Å²) in [5.41, 5.74) is 1.28. The first kappa shape index (κ1) is 17.8. The zero-order chi connectivity index (χ0) is 19.5. The van der Waals surface area contributed by atoms with E-state index in [9.17, 15) is 14.4 Å². The van der Waals surface area contributed by atoms with Crippen LogP contribution in [0.3, 0.4) is 0 Å². The van der Waals surface area contributed by atoms with Crippen LogP contribution in [0.1, 0.15) is 29.6 Å². The van der Waals surface area contributed by atoms with Crippen LogP contribution in [-0.2, 0) is 11.3 Å². The van der Waals surface area contributed by atoms with Crippen LogP contribution in [0.15, 0.2) is 53.3 Å². The van der Waals surface area contributed by atoms with Gasteiger partial charge in [-0.3, -0.25) is 14.4 Å². The first-order valence-corrected chi connectivity index (χ1v) is 9.13. The molecule has 8 heteroatoms. The largest absolute Gasteiger partial charge is 0.349 e. The van der Waals surface area contributed by atoms with E-state index in [1.165, 1.54) is 4.68 Å². The summed E-state index contributed by atoms with van der Waals surface area (Å²) < 4.78 is 1.18. The van der Waals surface area contributed by atoms with E-state index in [0.29, 0.717) is 22.2 Å². The molecule has 0 spiro atoms. The van der Waals surface area contributed by atoms with Crippen LogP contribution in [0, 0.1) is 0 Å². The van der Waals surface area contributed by atoms with Gasteiger partial charge < -0.3 is 10.6 Å². The van der Waals surface area contributed by atoms with E-state index in [1.54, 1.807) is 48.5 Å². The number of nitrogens with zero attached hydrogens (tertiary/aromatic N) is 3. The zero-order valence-electron chi connectivity index (χ0n) is 15.1. The van der Waals surface area contributed by atoms with Crippen molar-refractivity contribution in [3.05, 3.63) is 64.4 Å². The Kier molecular flexibility index (Phi) is 4.84. The third-order valence-electron chi connectivity index (χ3n) is 4.50. The van der Waals surface area contributed by atoms with Gasteiger partial charge in [-0.2, -0.15) is 0 Å². The Morgan fingerprint density at radius 3 is 2.75 bits per heavy atom. The van der Waals surface area contributed by atoms with E-state index in [2.05, 4.69) is 20.9 Å². The molecule has 1 fully saturated rings. The maximum Gasteiger partial charge on any atom is 0.277 e. The van der Waals surface area contributed by atoms with Crippen molar-refractivity contribution in [3.63, 3.8) is 0 Å². The third kappa shape index (κ3) is 4.06. The number of amides is 2. The monoisotopic (exact) mass is 377 g/mol. The second-order valence-electron chi connectivity index (χ2n) is 6.76. The molecule has 0 atom stereocenters. The topological polar surface area (TPSA) is 106 Å². The highest BCUT2D eigenvalue weighted by Crippen LogP contribution is 2.20. The number of fused-ring (bicyclic) bond motifs is 1. The summed E-state index contributed by atoms with van der Waals surface area (Å²) in [6, 6.07) is 14.0. The minimum atomic E-state index is -0.280. The molecule has 0 unspecified atom stereocenters. The van der Waals surface area contributed by atoms with Crippen LogP contribution in [0.25, 0.3) is 10.9 Å². The van der Waals surface area contributed by atoms with Crippen LogP contribution < -0.4 is 16.2 Å². The average Bonchev–Trinajstić information content (AvgIpc) is 3.52. The molecule has 2 aromatic carbocycles. The Morgan fingerprint density at radius 1 is 1.11 bits per heavy atom. The van der Waals surface area contributed by atoms with Crippen molar-refractivity contribution in [3.8, 4) is 0 Å². The average molecular weight is 377 g/mol. The van der Waals surface area contributed by atoms with E-state index in [4.69, 9.17) is 0 Å². The van der Waals surface area contributed by atoms with E-state index < -0.39 is 0 Å². The lowest BCUT2D eigenvalue weighted by Gasteiger charge is -2.08. The Labute approximate surface area is 160 Å². The molecule has 1 saturated carbocycles. The van der Waals surface area contributed by atoms with Crippen molar-refractivity contribution >= 4 is 28.4 Å². The molecule has 0 saturated heterocycles. The number of carbonyl (C=O) groups excluding carboxylic acids is 2. The highest BCUT2D eigenvalue weighted by atomic mass is 16.2. The lowest BCUT2D eigenvalue weighted by molar-refractivity contribution is -0.116. The molecule has 8 nitrogen and oxygen atoms in total. The number of anilines is 1. The Hall–Kier alpha value is -3.55. The number of aromatic nitrogens is 3. The molecular formula is C20H19N5O3. The maximum absolute atomic E-state index is 12.4. The summed E-state index contributed by atoms with van der Waals surface area (Å²) >= 11 is 0. The summed E-state index contributed by atoms with van der Waals surface area (Å²) in [5.74, 6) is -0.418. The van der Waals surface area contributed by atoms with Crippen molar-refractivity contribution in [1.82, 2.24) is 20.3 Å². The van der Waals surface area contributed by atoms with Crippen LogP contribution in [0.4, 0.5) is 5.69 Å². The first-order valence-electron chi connectivity index (χ1n) is 9.13. The van der Waals surface area contributed by atoms with Gasteiger partial charge in [0.25, 0.3) is 11.5 Å². The molecule has 2 amide bonds. The molecule has 142 valence electrons. The molecule has 0 radical (unpaired) electrons. The van der Waals surface area contributed by atoms with Crippen molar-refractivity contribution in [2.24, 2.45) is 0 Å². The van der Waals surface area contributed by atoms with E-state index >= 15 is 0 Å². The number of hydrogen-bond acceptors (Lipinski definition) is 5. The Bertz CT molecular complexity index is 1100. The fourth-order valence-electron chi connectivity index (χ4n) is 2.84. The number of benzene rings is 2. The lowest BCUT2D eigenvalue weighted by Crippen LogP contribution is -2.27. The van der Waals surface area contributed by atoms with E-state index in [1.807, 2.05) is 0 Å². The maximum atomic E-state index is 12.4. The highest BCUT2D eigenvalue weighted by Gasteiger charge is 2.23. The van der Waals surface area contributed by atoms with Crippen LogP contribution in [0.5, 0.6) is 0 Å². The van der Waals surface area contributed by atoms with Crippen LogP contribution in [-0.4, -0.2) is 32.9 Å².